The average molecular weight is 613 g/mol. The maximum atomic E-state index is 12.1. The Labute approximate surface area is 261 Å². The summed E-state index contributed by atoms with van der Waals surface area (Å²) in [5.74, 6) is -0.184. The molecule has 0 radical (unpaired) electrons. The van der Waals surface area contributed by atoms with Gasteiger partial charge in [0.2, 0.25) is 0 Å². The van der Waals surface area contributed by atoms with Gasteiger partial charge < -0.3 is 24.0 Å². The Morgan fingerprint density at radius 2 is 1.84 bits per heavy atom. The molecule has 1 N–H and O–H groups in total. The van der Waals surface area contributed by atoms with Gasteiger partial charge in [0.05, 0.1) is 6.20 Å². The SMILES string of the molecule is C[Si](C)(C)CCOCn1ccc2cc(Oc3cc(N4CCN([C@@H]5CCCCc6ccccc65)CC4)ccc3C(=O)O)cnc21. The number of carboxylic acid groups (broad SMARTS) is 1. The summed E-state index contributed by atoms with van der Waals surface area (Å²) >= 11 is 0. The molecule has 0 amide bonds. The minimum atomic E-state index is -1.14. The van der Waals surface area contributed by atoms with Gasteiger partial charge in [-0.2, -0.15) is 0 Å². The zero-order chi connectivity index (χ0) is 30.7. The predicted octanol–water partition coefficient (Wildman–Crippen LogP) is 7.43. The molecular weight excluding hydrogens is 568 g/mol. The first-order chi connectivity index (χ1) is 21.2. The van der Waals surface area contributed by atoms with Crippen LogP contribution in [0.1, 0.15) is 46.8 Å². The van der Waals surface area contributed by atoms with Crippen LogP contribution >= 0.6 is 0 Å². The largest absolute Gasteiger partial charge is 0.478 e. The first-order valence-electron chi connectivity index (χ1n) is 15.9. The van der Waals surface area contributed by atoms with Gasteiger partial charge in [-0.1, -0.05) is 50.3 Å². The van der Waals surface area contributed by atoms with Gasteiger partial charge >= 0.3 is 5.97 Å². The third-order valence-electron chi connectivity index (χ3n) is 8.93. The van der Waals surface area contributed by atoms with Gasteiger partial charge in [-0.3, -0.25) is 4.90 Å². The van der Waals surface area contributed by atoms with Crippen LogP contribution in [0.15, 0.2) is 67.0 Å². The summed E-state index contributed by atoms with van der Waals surface area (Å²) in [6, 6.07) is 19.8. The summed E-state index contributed by atoms with van der Waals surface area (Å²) in [4.78, 5) is 21.7. The molecule has 2 aromatic carbocycles. The van der Waals surface area contributed by atoms with Gasteiger partial charge in [0, 0.05) is 70.2 Å². The summed E-state index contributed by atoms with van der Waals surface area (Å²) in [7, 11) is -1.14. The van der Waals surface area contributed by atoms with Gasteiger partial charge in [-0.25, -0.2) is 9.78 Å². The van der Waals surface area contributed by atoms with Crippen LogP contribution in [-0.2, 0) is 17.9 Å². The average Bonchev–Trinajstić information content (AvgIpc) is 3.28. The normalized spacial score (nSPS) is 17.8. The molecule has 1 aliphatic heterocycles. The number of rotatable bonds is 10. The first-order valence-corrected chi connectivity index (χ1v) is 19.6. The fraction of sp³-hybridized carbons (Fsp3) is 0.429. The van der Waals surface area contributed by atoms with Crippen LogP contribution < -0.4 is 9.64 Å². The molecule has 0 bridgehead atoms. The molecule has 0 spiro atoms. The number of carboxylic acids is 1. The fourth-order valence-electron chi connectivity index (χ4n) is 6.42. The molecule has 232 valence electrons. The highest BCUT2D eigenvalue weighted by Gasteiger charge is 2.28. The quantitative estimate of drug-likeness (QED) is 0.113. The van der Waals surface area contributed by atoms with Crippen molar-refractivity contribution < 1.29 is 19.4 Å². The highest BCUT2D eigenvalue weighted by Crippen LogP contribution is 2.36. The Kier molecular flexibility index (Phi) is 9.07. The smallest absolute Gasteiger partial charge is 0.339 e. The Hall–Kier alpha value is -3.66. The number of piperazine rings is 1. The van der Waals surface area contributed by atoms with E-state index < -0.39 is 14.0 Å². The van der Waals surface area contributed by atoms with Crippen molar-refractivity contribution >= 4 is 30.8 Å². The lowest BCUT2D eigenvalue weighted by Crippen LogP contribution is -2.47. The van der Waals surface area contributed by atoms with E-state index in [1.54, 1.807) is 12.3 Å². The summed E-state index contributed by atoms with van der Waals surface area (Å²) in [5.41, 5.74) is 4.91. The monoisotopic (exact) mass is 612 g/mol. The summed E-state index contributed by atoms with van der Waals surface area (Å²) < 4.78 is 14.1. The number of carbonyl (C=O) groups is 1. The third-order valence-corrected chi connectivity index (χ3v) is 10.6. The molecule has 0 unspecified atom stereocenters. The van der Waals surface area contributed by atoms with Crippen molar-refractivity contribution in [3.05, 3.63) is 83.7 Å². The van der Waals surface area contributed by atoms with Gasteiger partial charge in [-0.05, 0) is 60.7 Å². The summed E-state index contributed by atoms with van der Waals surface area (Å²) in [5, 5.41) is 10.8. The second-order valence-electron chi connectivity index (χ2n) is 13.3. The number of ether oxygens (including phenoxy) is 2. The molecule has 1 saturated heterocycles. The zero-order valence-electron chi connectivity index (χ0n) is 26.2. The van der Waals surface area contributed by atoms with E-state index in [9.17, 15) is 9.90 Å². The van der Waals surface area contributed by atoms with Crippen molar-refractivity contribution in [3.8, 4) is 11.5 Å². The lowest BCUT2D eigenvalue weighted by molar-refractivity contribution is 0.0694. The molecule has 1 fully saturated rings. The number of pyridine rings is 1. The minimum Gasteiger partial charge on any atom is -0.478 e. The van der Waals surface area contributed by atoms with Crippen molar-refractivity contribution in [2.75, 3.05) is 37.7 Å². The molecule has 0 saturated carbocycles. The van der Waals surface area contributed by atoms with Crippen LogP contribution in [0, 0.1) is 0 Å². The van der Waals surface area contributed by atoms with E-state index in [2.05, 4.69) is 58.7 Å². The van der Waals surface area contributed by atoms with E-state index >= 15 is 0 Å². The Morgan fingerprint density at radius 1 is 1.02 bits per heavy atom. The van der Waals surface area contributed by atoms with E-state index in [0.29, 0.717) is 24.3 Å². The molecule has 3 heterocycles. The topological polar surface area (TPSA) is 80.1 Å². The molecular formula is C35H44N4O4Si. The molecule has 2 aliphatic rings. The fourth-order valence-corrected chi connectivity index (χ4v) is 7.18. The molecule has 4 aromatic rings. The first kappa shape index (κ1) is 30.4. The maximum absolute atomic E-state index is 12.1. The van der Waals surface area contributed by atoms with E-state index in [4.69, 9.17) is 9.47 Å². The Bertz CT molecular complexity index is 1610. The van der Waals surface area contributed by atoms with E-state index in [-0.39, 0.29) is 5.56 Å². The molecule has 1 atom stereocenters. The number of hydrogen-bond acceptors (Lipinski definition) is 6. The molecule has 1 aliphatic carbocycles. The van der Waals surface area contributed by atoms with Crippen molar-refractivity contribution in [1.82, 2.24) is 14.5 Å². The van der Waals surface area contributed by atoms with E-state index in [1.807, 2.05) is 35.0 Å². The van der Waals surface area contributed by atoms with Crippen LogP contribution in [0.5, 0.6) is 11.5 Å². The summed E-state index contributed by atoms with van der Waals surface area (Å²) in [6.45, 7) is 11.9. The van der Waals surface area contributed by atoms with Crippen LogP contribution in [0.3, 0.4) is 0 Å². The van der Waals surface area contributed by atoms with Crippen molar-refractivity contribution in [2.45, 2.75) is 64.1 Å². The molecule has 6 rings (SSSR count). The second kappa shape index (κ2) is 13.1. The van der Waals surface area contributed by atoms with Gasteiger partial charge in [0.15, 0.2) is 0 Å². The number of aromatic carboxylic acids is 1. The van der Waals surface area contributed by atoms with Crippen molar-refractivity contribution in [3.63, 3.8) is 0 Å². The van der Waals surface area contributed by atoms with Crippen LogP contribution in [0.2, 0.25) is 25.7 Å². The number of fused-ring (bicyclic) bond motifs is 2. The van der Waals surface area contributed by atoms with Crippen LogP contribution in [-0.4, -0.2) is 66.4 Å². The second-order valence-corrected chi connectivity index (χ2v) is 18.9. The Morgan fingerprint density at radius 3 is 2.64 bits per heavy atom. The number of aromatic nitrogens is 2. The van der Waals surface area contributed by atoms with E-state index in [0.717, 1.165) is 55.6 Å². The number of hydrogen-bond donors (Lipinski definition) is 1. The number of nitrogens with zero attached hydrogens (tertiary/aromatic N) is 4. The molecule has 8 nitrogen and oxygen atoms in total. The van der Waals surface area contributed by atoms with Crippen LogP contribution in [0.4, 0.5) is 5.69 Å². The Balaban J connectivity index is 1.14. The van der Waals surface area contributed by atoms with Gasteiger partial charge in [0.1, 0.15) is 29.4 Å². The van der Waals surface area contributed by atoms with Gasteiger partial charge in [0.25, 0.3) is 0 Å². The molecule has 9 heteroatoms. The number of benzene rings is 2. The maximum Gasteiger partial charge on any atom is 0.339 e. The number of anilines is 1. The third kappa shape index (κ3) is 7.01. The van der Waals surface area contributed by atoms with Crippen molar-refractivity contribution in [1.29, 1.82) is 0 Å². The lowest BCUT2D eigenvalue weighted by Gasteiger charge is -2.40. The standard InChI is InChI=1S/C35H44N4O4Si/c1-44(2,3)21-20-42-25-39-15-14-27-22-29(24-36-34(27)39)43-33-23-28(12-13-31(33)35(40)41)37-16-18-38(19-17-37)32-11-7-5-9-26-8-4-6-10-30(26)32/h4,6,8,10,12-15,22-24,32H,5,7,9,11,16-21,25H2,1-3H3,(H,40,41)/t32-/m1/s1. The summed E-state index contributed by atoms with van der Waals surface area (Å²) in [6.07, 6.45) is 8.51. The highest BCUT2D eigenvalue weighted by atomic mass is 28.3. The number of aryl methyl sites for hydroxylation is 1. The van der Waals surface area contributed by atoms with Gasteiger partial charge in [-0.15, -0.1) is 0 Å². The highest BCUT2D eigenvalue weighted by molar-refractivity contribution is 6.76. The van der Waals surface area contributed by atoms with E-state index in [1.165, 1.54) is 36.8 Å². The molecule has 44 heavy (non-hydrogen) atoms. The molecule has 2 aromatic heterocycles. The van der Waals surface area contributed by atoms with Crippen LogP contribution in [0.25, 0.3) is 11.0 Å². The lowest BCUT2D eigenvalue weighted by atomic mass is 9.97. The predicted molar refractivity (Wildman–Crippen MR) is 178 cm³/mol. The minimum absolute atomic E-state index is 0.135. The van der Waals surface area contributed by atoms with Crippen molar-refractivity contribution in [2.24, 2.45) is 0 Å². The zero-order valence-corrected chi connectivity index (χ0v) is 27.2.